The van der Waals surface area contributed by atoms with Crippen LogP contribution in [0.3, 0.4) is 0 Å². The van der Waals surface area contributed by atoms with Crippen molar-refractivity contribution in [1.29, 1.82) is 0 Å². The number of pyridine rings is 1. The number of hydrogen-bond acceptors (Lipinski definition) is 4. The molecule has 0 saturated carbocycles. The van der Waals surface area contributed by atoms with Crippen LogP contribution in [0, 0.1) is 5.92 Å². The highest BCUT2D eigenvalue weighted by Gasteiger charge is 2.05. The number of nitrogens with zero attached hydrogens (tertiary/aromatic N) is 1. The smallest absolute Gasteiger partial charge is 0.0743 e. The lowest BCUT2D eigenvalue weighted by Crippen LogP contribution is -2.13. The maximum Gasteiger partial charge on any atom is 0.0743 e. The van der Waals surface area contributed by atoms with Gasteiger partial charge in [0.1, 0.15) is 0 Å². The molecule has 3 N–H and O–H groups in total. The first-order valence-electron chi connectivity index (χ1n) is 6.63. The van der Waals surface area contributed by atoms with E-state index < -0.39 is 0 Å². The Morgan fingerprint density at radius 1 is 1.32 bits per heavy atom. The van der Waals surface area contributed by atoms with Crippen LogP contribution in [0.4, 0.5) is 11.4 Å². The molecule has 1 aromatic carbocycles. The molecule has 0 aliphatic carbocycles. The number of rotatable bonds is 6. The van der Waals surface area contributed by atoms with Crippen molar-refractivity contribution in [2.24, 2.45) is 5.92 Å². The van der Waals surface area contributed by atoms with Crippen molar-refractivity contribution in [2.75, 3.05) is 30.8 Å². The van der Waals surface area contributed by atoms with Crippen LogP contribution in [0.1, 0.15) is 13.8 Å². The van der Waals surface area contributed by atoms with E-state index in [1.165, 1.54) is 0 Å². The molecule has 1 heterocycles. The first-order valence-corrected chi connectivity index (χ1v) is 6.63. The summed E-state index contributed by atoms with van der Waals surface area (Å²) < 4.78 is 5.55. The Morgan fingerprint density at radius 2 is 2.11 bits per heavy atom. The minimum absolute atomic E-state index is 0.562. The normalized spacial score (nSPS) is 11.1. The highest BCUT2D eigenvalue weighted by atomic mass is 16.5. The summed E-state index contributed by atoms with van der Waals surface area (Å²) in [5.74, 6) is 0.562. The molecule has 0 amide bonds. The molecule has 0 atom stereocenters. The van der Waals surface area contributed by atoms with Crippen LogP contribution in [-0.2, 0) is 4.74 Å². The van der Waals surface area contributed by atoms with Gasteiger partial charge in [0.05, 0.1) is 29.7 Å². The molecule has 0 aliphatic rings. The molecule has 0 bridgehead atoms. The molecule has 2 rings (SSSR count). The zero-order chi connectivity index (χ0) is 13.7. The summed E-state index contributed by atoms with van der Waals surface area (Å²) >= 11 is 0. The van der Waals surface area contributed by atoms with Crippen LogP contribution in [0.25, 0.3) is 10.9 Å². The Bertz CT molecular complexity index is 540. The molecule has 4 nitrogen and oxygen atoms in total. The predicted octanol–water partition coefficient (Wildman–Crippen LogP) is 2.90. The van der Waals surface area contributed by atoms with Crippen LogP contribution >= 0.6 is 0 Å². The van der Waals surface area contributed by atoms with E-state index in [1.54, 1.807) is 6.20 Å². The van der Waals surface area contributed by atoms with Crippen molar-refractivity contribution in [2.45, 2.75) is 13.8 Å². The summed E-state index contributed by atoms with van der Waals surface area (Å²) in [7, 11) is 0. The van der Waals surface area contributed by atoms with Crippen molar-refractivity contribution in [3.8, 4) is 0 Å². The lowest BCUT2D eigenvalue weighted by atomic mass is 10.1. The maximum atomic E-state index is 5.98. The molecule has 0 aliphatic heterocycles. The van der Waals surface area contributed by atoms with Gasteiger partial charge >= 0.3 is 0 Å². The number of nitrogens with one attached hydrogen (secondary N) is 1. The Hall–Kier alpha value is -1.81. The fraction of sp³-hybridized carbons (Fsp3) is 0.400. The fourth-order valence-electron chi connectivity index (χ4n) is 1.92. The van der Waals surface area contributed by atoms with Gasteiger partial charge in [-0.15, -0.1) is 0 Å². The molecule has 102 valence electrons. The van der Waals surface area contributed by atoms with E-state index in [9.17, 15) is 0 Å². The molecule has 0 spiro atoms. The summed E-state index contributed by atoms with van der Waals surface area (Å²) in [4.78, 5) is 4.31. The van der Waals surface area contributed by atoms with Crippen molar-refractivity contribution < 1.29 is 4.74 Å². The first-order chi connectivity index (χ1) is 9.18. The average Bonchev–Trinajstić information content (AvgIpc) is 2.40. The van der Waals surface area contributed by atoms with E-state index >= 15 is 0 Å². The Labute approximate surface area is 114 Å². The van der Waals surface area contributed by atoms with E-state index in [0.717, 1.165) is 29.7 Å². The summed E-state index contributed by atoms with van der Waals surface area (Å²) in [5.41, 5.74) is 8.54. The monoisotopic (exact) mass is 259 g/mol. The highest BCUT2D eigenvalue weighted by molar-refractivity contribution is 5.96. The first kappa shape index (κ1) is 13.6. The van der Waals surface area contributed by atoms with Crippen LogP contribution in [0.2, 0.25) is 0 Å². The number of anilines is 2. The molecule has 0 saturated heterocycles. The summed E-state index contributed by atoms with van der Waals surface area (Å²) in [6.45, 7) is 6.48. The molecule has 0 fully saturated rings. The molecule has 2 aromatic rings. The molecular formula is C15H21N3O. The van der Waals surface area contributed by atoms with Gasteiger partial charge in [0.15, 0.2) is 0 Å². The lowest BCUT2D eigenvalue weighted by Gasteiger charge is -2.13. The van der Waals surface area contributed by atoms with Crippen molar-refractivity contribution in [1.82, 2.24) is 4.98 Å². The molecule has 0 radical (unpaired) electrons. The number of nitrogens with two attached hydrogens (primary N) is 1. The zero-order valence-electron chi connectivity index (χ0n) is 11.5. The second-order valence-corrected chi connectivity index (χ2v) is 5.00. The third kappa shape index (κ3) is 3.58. The minimum atomic E-state index is 0.562. The number of para-hydroxylation sites is 1. The third-order valence-electron chi connectivity index (χ3n) is 2.80. The third-order valence-corrected chi connectivity index (χ3v) is 2.80. The molecule has 1 aromatic heterocycles. The standard InChI is InChI=1S/C15H21N3O/c1-11(2)10-19-8-7-17-15-12-5-3-4-6-14(12)18-9-13(15)16/h3-6,9,11H,7-8,10,16H2,1-2H3,(H,17,18). The van der Waals surface area contributed by atoms with E-state index in [2.05, 4.69) is 24.1 Å². The topological polar surface area (TPSA) is 60.2 Å². The number of ether oxygens (including phenoxy) is 1. The van der Waals surface area contributed by atoms with Crippen molar-refractivity contribution in [3.63, 3.8) is 0 Å². The van der Waals surface area contributed by atoms with E-state index in [1.807, 2.05) is 24.3 Å². The van der Waals surface area contributed by atoms with Crippen LogP contribution in [0.5, 0.6) is 0 Å². The van der Waals surface area contributed by atoms with E-state index in [-0.39, 0.29) is 0 Å². The van der Waals surface area contributed by atoms with Crippen molar-refractivity contribution >= 4 is 22.3 Å². The molecule has 4 heteroatoms. The quantitative estimate of drug-likeness (QED) is 0.783. The highest BCUT2D eigenvalue weighted by Crippen LogP contribution is 2.27. The number of benzene rings is 1. The Morgan fingerprint density at radius 3 is 2.89 bits per heavy atom. The van der Waals surface area contributed by atoms with Gasteiger partial charge in [0, 0.05) is 18.5 Å². The minimum Gasteiger partial charge on any atom is -0.396 e. The van der Waals surface area contributed by atoms with E-state index in [0.29, 0.717) is 18.2 Å². The summed E-state index contributed by atoms with van der Waals surface area (Å²) in [5, 5.41) is 4.39. The predicted molar refractivity (Wildman–Crippen MR) is 80.3 cm³/mol. The number of nitrogen functional groups attached to an aromatic ring is 1. The van der Waals surface area contributed by atoms with Crippen molar-refractivity contribution in [3.05, 3.63) is 30.5 Å². The van der Waals surface area contributed by atoms with Gasteiger partial charge in [0.25, 0.3) is 0 Å². The summed E-state index contributed by atoms with van der Waals surface area (Å²) in [6, 6.07) is 7.97. The SMILES string of the molecule is CC(C)COCCNc1c(N)cnc2ccccc12. The molecule has 19 heavy (non-hydrogen) atoms. The fourth-order valence-corrected chi connectivity index (χ4v) is 1.92. The average molecular weight is 259 g/mol. The van der Waals surface area contributed by atoms with E-state index in [4.69, 9.17) is 10.5 Å². The van der Waals surface area contributed by atoms with Gasteiger partial charge < -0.3 is 15.8 Å². The lowest BCUT2D eigenvalue weighted by molar-refractivity contribution is 0.118. The Balaban J connectivity index is 2.01. The van der Waals surface area contributed by atoms with Gasteiger partial charge in [-0.25, -0.2) is 0 Å². The van der Waals surface area contributed by atoms with Crippen LogP contribution < -0.4 is 11.1 Å². The van der Waals surface area contributed by atoms with Gasteiger partial charge in [-0.2, -0.15) is 0 Å². The molecular weight excluding hydrogens is 238 g/mol. The van der Waals surface area contributed by atoms with Crippen LogP contribution in [0.15, 0.2) is 30.5 Å². The second kappa shape index (κ2) is 6.38. The number of fused-ring (bicyclic) bond motifs is 1. The van der Waals surface area contributed by atoms with Gasteiger partial charge in [-0.1, -0.05) is 32.0 Å². The number of hydrogen-bond donors (Lipinski definition) is 2. The Kier molecular flexibility index (Phi) is 4.58. The van der Waals surface area contributed by atoms with Gasteiger partial charge in [-0.3, -0.25) is 4.98 Å². The zero-order valence-corrected chi connectivity index (χ0v) is 11.5. The van der Waals surface area contributed by atoms with Gasteiger partial charge in [-0.05, 0) is 12.0 Å². The second-order valence-electron chi connectivity index (χ2n) is 5.00. The number of aromatic nitrogens is 1. The largest absolute Gasteiger partial charge is 0.396 e. The maximum absolute atomic E-state index is 5.98. The van der Waals surface area contributed by atoms with Crippen LogP contribution in [-0.4, -0.2) is 24.7 Å². The summed E-state index contributed by atoms with van der Waals surface area (Å²) in [6.07, 6.45) is 1.69. The van der Waals surface area contributed by atoms with Gasteiger partial charge in [0.2, 0.25) is 0 Å². The molecule has 0 unspecified atom stereocenters.